The summed E-state index contributed by atoms with van der Waals surface area (Å²) in [6.45, 7) is 0.664. The summed E-state index contributed by atoms with van der Waals surface area (Å²) >= 11 is 1.83. The summed E-state index contributed by atoms with van der Waals surface area (Å²) in [5.41, 5.74) is 1.52. The second kappa shape index (κ2) is 6.94. The Labute approximate surface area is 146 Å². The van der Waals surface area contributed by atoms with Crippen LogP contribution in [0.1, 0.15) is 22.0 Å². The van der Waals surface area contributed by atoms with Crippen LogP contribution in [0.2, 0.25) is 0 Å². The molecule has 0 radical (unpaired) electrons. The van der Waals surface area contributed by atoms with Crippen LogP contribution < -0.4 is 0 Å². The standard InChI is InChI=1S/C17H18N2O3S2/c1-24(21,22)16-8-7-14(11-18-16)17(20)19-9-10-23-12-15(19)13-5-3-2-4-6-13/h2-8,11,15H,9-10,12H2,1H3. The number of aromatic nitrogens is 1. The molecule has 1 aromatic heterocycles. The van der Waals surface area contributed by atoms with Crippen LogP contribution in [0.5, 0.6) is 0 Å². The molecule has 1 unspecified atom stereocenters. The van der Waals surface area contributed by atoms with Gasteiger partial charge in [0.25, 0.3) is 5.91 Å². The summed E-state index contributed by atoms with van der Waals surface area (Å²) < 4.78 is 23.0. The van der Waals surface area contributed by atoms with Gasteiger partial charge in [0.1, 0.15) is 0 Å². The van der Waals surface area contributed by atoms with Crippen LogP contribution in [0.15, 0.2) is 53.7 Å². The number of carbonyl (C=O) groups is 1. The van der Waals surface area contributed by atoms with E-state index in [-0.39, 0.29) is 17.0 Å². The highest BCUT2D eigenvalue weighted by atomic mass is 32.2. The van der Waals surface area contributed by atoms with Crippen LogP contribution >= 0.6 is 11.8 Å². The number of rotatable bonds is 3. The van der Waals surface area contributed by atoms with Crippen LogP contribution in [0.3, 0.4) is 0 Å². The number of sulfone groups is 1. The van der Waals surface area contributed by atoms with Crippen molar-refractivity contribution in [1.82, 2.24) is 9.88 Å². The smallest absolute Gasteiger partial charge is 0.255 e. The molecule has 5 nitrogen and oxygen atoms in total. The van der Waals surface area contributed by atoms with Gasteiger partial charge in [0.15, 0.2) is 14.9 Å². The number of nitrogens with zero attached hydrogens (tertiary/aromatic N) is 2. The number of hydrogen-bond donors (Lipinski definition) is 0. The van der Waals surface area contributed by atoms with Crippen molar-refractivity contribution >= 4 is 27.5 Å². The summed E-state index contributed by atoms with van der Waals surface area (Å²) in [5, 5.41) is -0.0205. The third-order valence-corrected chi connectivity index (χ3v) is 5.96. The summed E-state index contributed by atoms with van der Waals surface area (Å²) in [4.78, 5) is 18.6. The Morgan fingerprint density at radius 3 is 2.58 bits per heavy atom. The Morgan fingerprint density at radius 1 is 1.21 bits per heavy atom. The van der Waals surface area contributed by atoms with E-state index in [4.69, 9.17) is 0 Å². The predicted molar refractivity (Wildman–Crippen MR) is 94.9 cm³/mol. The minimum absolute atomic E-state index is 0.0204. The minimum atomic E-state index is -3.36. The van der Waals surface area contributed by atoms with Gasteiger partial charge in [-0.2, -0.15) is 11.8 Å². The van der Waals surface area contributed by atoms with Crippen LogP contribution in [-0.4, -0.2) is 48.5 Å². The first-order valence-corrected chi connectivity index (χ1v) is 10.6. The van der Waals surface area contributed by atoms with Crippen molar-refractivity contribution in [2.75, 3.05) is 24.3 Å². The maximum atomic E-state index is 12.9. The van der Waals surface area contributed by atoms with Crippen molar-refractivity contribution in [3.8, 4) is 0 Å². The molecule has 0 bridgehead atoms. The van der Waals surface area contributed by atoms with Crippen molar-refractivity contribution in [2.24, 2.45) is 0 Å². The number of thioether (sulfide) groups is 1. The van der Waals surface area contributed by atoms with E-state index < -0.39 is 9.84 Å². The molecule has 1 amide bonds. The maximum absolute atomic E-state index is 12.9. The molecule has 126 valence electrons. The van der Waals surface area contributed by atoms with E-state index >= 15 is 0 Å². The Bertz CT molecular complexity index is 821. The molecule has 0 saturated carbocycles. The third-order valence-electron chi connectivity index (χ3n) is 3.94. The lowest BCUT2D eigenvalue weighted by atomic mass is 10.1. The van der Waals surface area contributed by atoms with Gasteiger partial charge in [0.05, 0.1) is 11.6 Å². The van der Waals surface area contributed by atoms with E-state index in [9.17, 15) is 13.2 Å². The third kappa shape index (κ3) is 3.62. The number of benzene rings is 1. The van der Waals surface area contributed by atoms with Gasteiger partial charge >= 0.3 is 0 Å². The topological polar surface area (TPSA) is 67.3 Å². The van der Waals surface area contributed by atoms with Gasteiger partial charge in [-0.3, -0.25) is 4.79 Å². The van der Waals surface area contributed by atoms with Crippen molar-refractivity contribution in [2.45, 2.75) is 11.1 Å². The lowest BCUT2D eigenvalue weighted by Gasteiger charge is -2.35. The van der Waals surface area contributed by atoms with Gasteiger partial charge in [-0.25, -0.2) is 13.4 Å². The van der Waals surface area contributed by atoms with Gasteiger partial charge in [-0.15, -0.1) is 0 Å². The van der Waals surface area contributed by atoms with E-state index in [2.05, 4.69) is 4.98 Å². The second-order valence-electron chi connectivity index (χ2n) is 5.66. The zero-order chi connectivity index (χ0) is 17.2. The Morgan fingerprint density at radius 2 is 1.96 bits per heavy atom. The highest BCUT2D eigenvalue weighted by Crippen LogP contribution is 2.30. The van der Waals surface area contributed by atoms with Gasteiger partial charge < -0.3 is 4.90 Å². The molecule has 0 N–H and O–H groups in total. The summed E-state index contributed by atoms with van der Waals surface area (Å²) in [6, 6.07) is 12.9. The van der Waals surface area contributed by atoms with Crippen molar-refractivity contribution in [3.63, 3.8) is 0 Å². The molecule has 1 aliphatic rings. The second-order valence-corrected chi connectivity index (χ2v) is 8.77. The lowest BCUT2D eigenvalue weighted by molar-refractivity contribution is 0.0700. The fourth-order valence-electron chi connectivity index (χ4n) is 2.69. The molecule has 7 heteroatoms. The van der Waals surface area contributed by atoms with Gasteiger partial charge in [0, 0.05) is 30.5 Å². The summed E-state index contributed by atoms with van der Waals surface area (Å²) in [5.74, 6) is 1.63. The molecular formula is C17H18N2O3S2. The fourth-order valence-corrected chi connectivity index (χ4v) is 4.34. The molecule has 2 aromatic rings. The Kier molecular flexibility index (Phi) is 4.91. The summed E-state index contributed by atoms with van der Waals surface area (Å²) in [6.07, 6.45) is 2.45. The SMILES string of the molecule is CS(=O)(=O)c1ccc(C(=O)N2CCSCC2c2ccccc2)cn1. The average Bonchev–Trinajstić information content (AvgIpc) is 2.61. The quantitative estimate of drug-likeness (QED) is 0.839. The lowest BCUT2D eigenvalue weighted by Crippen LogP contribution is -2.40. The molecule has 1 saturated heterocycles. The molecule has 1 atom stereocenters. The monoisotopic (exact) mass is 362 g/mol. The number of carbonyl (C=O) groups excluding carboxylic acids is 1. The van der Waals surface area contributed by atoms with E-state index in [1.165, 1.54) is 18.3 Å². The molecule has 1 aliphatic heterocycles. The van der Waals surface area contributed by atoms with Gasteiger partial charge in [-0.05, 0) is 17.7 Å². The van der Waals surface area contributed by atoms with Crippen LogP contribution in [-0.2, 0) is 9.84 Å². The first-order valence-electron chi connectivity index (χ1n) is 7.56. The minimum Gasteiger partial charge on any atom is -0.330 e. The predicted octanol–water partition coefficient (Wildman–Crippen LogP) is 2.42. The van der Waals surface area contributed by atoms with Crippen LogP contribution in [0, 0.1) is 0 Å². The highest BCUT2D eigenvalue weighted by molar-refractivity contribution is 7.99. The molecule has 0 spiro atoms. The fraction of sp³-hybridized carbons (Fsp3) is 0.294. The molecule has 24 heavy (non-hydrogen) atoms. The maximum Gasteiger partial charge on any atom is 0.255 e. The molecular weight excluding hydrogens is 344 g/mol. The van der Waals surface area contributed by atoms with Crippen LogP contribution in [0.4, 0.5) is 0 Å². The Hall–Kier alpha value is -1.86. The first-order chi connectivity index (χ1) is 11.5. The van der Waals surface area contributed by atoms with Gasteiger partial charge in [0.2, 0.25) is 0 Å². The molecule has 0 aliphatic carbocycles. The first kappa shape index (κ1) is 17.0. The number of hydrogen-bond acceptors (Lipinski definition) is 5. The summed E-state index contributed by atoms with van der Waals surface area (Å²) in [7, 11) is -3.36. The molecule has 1 aromatic carbocycles. The molecule has 2 heterocycles. The normalized spacial score (nSPS) is 18.4. The zero-order valence-corrected chi connectivity index (χ0v) is 14.9. The molecule has 1 fully saturated rings. The largest absolute Gasteiger partial charge is 0.330 e. The zero-order valence-electron chi connectivity index (χ0n) is 13.3. The van der Waals surface area contributed by atoms with Crippen LogP contribution in [0.25, 0.3) is 0 Å². The molecule has 3 rings (SSSR count). The van der Waals surface area contributed by atoms with Crippen molar-refractivity contribution < 1.29 is 13.2 Å². The van der Waals surface area contributed by atoms with Crippen molar-refractivity contribution in [1.29, 1.82) is 0 Å². The van der Waals surface area contributed by atoms with E-state index in [1.54, 1.807) is 0 Å². The average molecular weight is 362 g/mol. The van der Waals surface area contributed by atoms with E-state index in [1.807, 2.05) is 47.0 Å². The van der Waals surface area contributed by atoms with Crippen molar-refractivity contribution in [3.05, 3.63) is 59.8 Å². The van der Waals surface area contributed by atoms with Gasteiger partial charge in [-0.1, -0.05) is 30.3 Å². The van der Waals surface area contributed by atoms with E-state index in [0.717, 1.165) is 23.3 Å². The highest BCUT2D eigenvalue weighted by Gasteiger charge is 2.29. The van der Waals surface area contributed by atoms with E-state index in [0.29, 0.717) is 12.1 Å². The Balaban J connectivity index is 1.87. The number of amides is 1. The number of pyridine rings is 1.